The van der Waals surface area contributed by atoms with E-state index in [9.17, 15) is 4.79 Å². The molecule has 1 aliphatic heterocycles. The SMILES string of the molecule is O=C1C\C=C/C=C\C=C/O1. The van der Waals surface area contributed by atoms with Crippen LogP contribution in [0, 0.1) is 0 Å². The van der Waals surface area contributed by atoms with Crippen LogP contribution in [0.5, 0.6) is 0 Å². The highest BCUT2D eigenvalue weighted by molar-refractivity contribution is 5.71. The summed E-state index contributed by atoms with van der Waals surface area (Å²) in [7, 11) is 0. The van der Waals surface area contributed by atoms with Crippen LogP contribution >= 0.6 is 0 Å². The highest BCUT2D eigenvalue weighted by atomic mass is 16.5. The number of carbonyl (C=O) groups excluding carboxylic acids is 1. The van der Waals surface area contributed by atoms with Gasteiger partial charge in [0.25, 0.3) is 0 Å². The fourth-order valence-corrected chi connectivity index (χ4v) is 0.580. The van der Waals surface area contributed by atoms with Gasteiger partial charge in [-0.15, -0.1) is 0 Å². The van der Waals surface area contributed by atoms with E-state index in [0.29, 0.717) is 6.42 Å². The molecule has 0 amide bonds. The fraction of sp³-hybridized carbons (Fsp3) is 0.125. The second kappa shape index (κ2) is 3.67. The van der Waals surface area contributed by atoms with Crippen LogP contribution in [0.25, 0.3) is 0 Å². The molecule has 0 aromatic heterocycles. The molecule has 0 N–H and O–H groups in total. The van der Waals surface area contributed by atoms with E-state index in [0.717, 1.165) is 0 Å². The van der Waals surface area contributed by atoms with Gasteiger partial charge in [-0.3, -0.25) is 4.79 Å². The molecule has 0 fully saturated rings. The fourth-order valence-electron chi connectivity index (χ4n) is 0.580. The number of esters is 1. The van der Waals surface area contributed by atoms with Gasteiger partial charge in [-0.25, -0.2) is 0 Å². The summed E-state index contributed by atoms with van der Waals surface area (Å²) in [5.74, 6) is -0.226. The average Bonchev–Trinajstić information content (AvgIpc) is 2.02. The van der Waals surface area contributed by atoms with Crippen molar-refractivity contribution >= 4 is 5.97 Å². The maximum absolute atomic E-state index is 10.6. The topological polar surface area (TPSA) is 26.3 Å². The molecule has 0 aromatic rings. The molecule has 10 heavy (non-hydrogen) atoms. The highest BCUT2D eigenvalue weighted by Gasteiger charge is 1.94. The number of ether oxygens (including phenoxy) is 1. The van der Waals surface area contributed by atoms with Crippen molar-refractivity contribution in [1.29, 1.82) is 0 Å². The smallest absolute Gasteiger partial charge is 0.314 e. The van der Waals surface area contributed by atoms with Gasteiger partial charge in [-0.05, 0) is 6.08 Å². The predicted octanol–water partition coefficient (Wildman–Crippen LogP) is 1.56. The van der Waals surface area contributed by atoms with Crippen molar-refractivity contribution in [1.82, 2.24) is 0 Å². The number of allylic oxidation sites excluding steroid dienone is 4. The molecule has 0 bridgehead atoms. The van der Waals surface area contributed by atoms with Crippen molar-refractivity contribution in [2.75, 3.05) is 0 Å². The van der Waals surface area contributed by atoms with E-state index in [1.165, 1.54) is 6.26 Å². The monoisotopic (exact) mass is 136 g/mol. The molecule has 1 heterocycles. The Hall–Kier alpha value is -1.31. The third kappa shape index (κ3) is 2.31. The van der Waals surface area contributed by atoms with Gasteiger partial charge in [0, 0.05) is 0 Å². The maximum atomic E-state index is 10.6. The molecule has 1 rings (SSSR count). The molecule has 0 saturated heterocycles. The molecular formula is C8H8O2. The second-order valence-corrected chi connectivity index (χ2v) is 1.84. The second-order valence-electron chi connectivity index (χ2n) is 1.84. The van der Waals surface area contributed by atoms with E-state index >= 15 is 0 Å². The summed E-state index contributed by atoms with van der Waals surface area (Å²) in [5, 5.41) is 0. The zero-order valence-electron chi connectivity index (χ0n) is 5.49. The van der Waals surface area contributed by atoms with Crippen molar-refractivity contribution in [2.24, 2.45) is 0 Å². The molecular weight excluding hydrogens is 128 g/mol. The molecule has 52 valence electrons. The van der Waals surface area contributed by atoms with E-state index in [2.05, 4.69) is 4.74 Å². The third-order valence-corrected chi connectivity index (χ3v) is 1.03. The summed E-state index contributed by atoms with van der Waals surface area (Å²) in [6.07, 6.45) is 10.6. The Morgan fingerprint density at radius 2 is 2.00 bits per heavy atom. The molecule has 0 saturated carbocycles. The van der Waals surface area contributed by atoms with Crippen LogP contribution in [-0.2, 0) is 9.53 Å². The van der Waals surface area contributed by atoms with Crippen molar-refractivity contribution in [3.63, 3.8) is 0 Å². The molecule has 0 radical (unpaired) electrons. The minimum atomic E-state index is -0.226. The molecule has 0 aliphatic carbocycles. The normalized spacial score (nSPS) is 27.0. The van der Waals surface area contributed by atoms with Gasteiger partial charge in [0.1, 0.15) is 0 Å². The third-order valence-electron chi connectivity index (χ3n) is 1.03. The number of hydrogen-bond donors (Lipinski definition) is 0. The highest BCUT2D eigenvalue weighted by Crippen LogP contribution is 1.93. The van der Waals surface area contributed by atoms with Crippen LogP contribution in [0.4, 0.5) is 0 Å². The summed E-state index contributed by atoms with van der Waals surface area (Å²) >= 11 is 0. The molecule has 0 spiro atoms. The van der Waals surface area contributed by atoms with Gasteiger partial charge in [0.05, 0.1) is 12.7 Å². The van der Waals surface area contributed by atoms with Crippen LogP contribution < -0.4 is 0 Å². The minimum Gasteiger partial charge on any atom is -0.434 e. The van der Waals surface area contributed by atoms with E-state index in [1.807, 2.05) is 12.2 Å². The van der Waals surface area contributed by atoms with Crippen LogP contribution in [0.1, 0.15) is 6.42 Å². The molecule has 0 unspecified atom stereocenters. The van der Waals surface area contributed by atoms with Crippen LogP contribution in [0.3, 0.4) is 0 Å². The summed E-state index contributed by atoms with van der Waals surface area (Å²) in [6, 6.07) is 0. The first-order chi connectivity index (χ1) is 4.89. The Kier molecular flexibility index (Phi) is 2.49. The molecule has 0 atom stereocenters. The summed E-state index contributed by atoms with van der Waals surface area (Å²) in [5.41, 5.74) is 0. The average molecular weight is 136 g/mol. The van der Waals surface area contributed by atoms with Gasteiger partial charge >= 0.3 is 5.97 Å². The van der Waals surface area contributed by atoms with Gasteiger partial charge in [-0.1, -0.05) is 24.3 Å². The van der Waals surface area contributed by atoms with Crippen LogP contribution in [0.15, 0.2) is 36.6 Å². The number of cyclic esters (lactones) is 1. The Bertz CT molecular complexity index is 179. The molecule has 2 nitrogen and oxygen atoms in total. The molecule has 1 aliphatic rings. The summed E-state index contributed by atoms with van der Waals surface area (Å²) < 4.78 is 4.64. The maximum Gasteiger partial charge on any atom is 0.314 e. The number of rotatable bonds is 0. The molecule has 0 aromatic carbocycles. The van der Waals surface area contributed by atoms with Crippen LogP contribution in [-0.4, -0.2) is 5.97 Å². The lowest BCUT2D eigenvalue weighted by Gasteiger charge is -1.91. The standard InChI is InChI=1S/C8H8O2/c9-8-6-4-2-1-3-5-7-10-8/h1-5,7H,6H2/b3-1-,4-2-,7-5-. The van der Waals surface area contributed by atoms with Crippen molar-refractivity contribution in [3.05, 3.63) is 36.6 Å². The number of carbonyl (C=O) groups is 1. The van der Waals surface area contributed by atoms with E-state index in [-0.39, 0.29) is 5.97 Å². The van der Waals surface area contributed by atoms with E-state index in [1.54, 1.807) is 18.2 Å². The van der Waals surface area contributed by atoms with Crippen molar-refractivity contribution in [3.8, 4) is 0 Å². The first-order valence-electron chi connectivity index (χ1n) is 3.07. The van der Waals surface area contributed by atoms with E-state index in [4.69, 9.17) is 0 Å². The predicted molar refractivity (Wildman–Crippen MR) is 38.1 cm³/mol. The summed E-state index contributed by atoms with van der Waals surface area (Å²) in [4.78, 5) is 10.6. The quantitative estimate of drug-likeness (QED) is 0.472. The van der Waals surface area contributed by atoms with Gasteiger partial charge in [0.2, 0.25) is 0 Å². The number of hydrogen-bond acceptors (Lipinski definition) is 2. The Balaban J connectivity index is 2.61. The van der Waals surface area contributed by atoms with Crippen LogP contribution in [0.2, 0.25) is 0 Å². The Morgan fingerprint density at radius 3 is 2.90 bits per heavy atom. The van der Waals surface area contributed by atoms with Gasteiger partial charge in [0.15, 0.2) is 0 Å². The van der Waals surface area contributed by atoms with Crippen molar-refractivity contribution < 1.29 is 9.53 Å². The first kappa shape index (κ1) is 6.81. The lowest BCUT2D eigenvalue weighted by molar-refractivity contribution is -0.136. The van der Waals surface area contributed by atoms with Gasteiger partial charge < -0.3 is 4.74 Å². The minimum absolute atomic E-state index is 0.226. The zero-order valence-corrected chi connectivity index (χ0v) is 5.49. The lowest BCUT2D eigenvalue weighted by Crippen LogP contribution is -1.95. The lowest BCUT2D eigenvalue weighted by atomic mass is 10.3. The molecule has 2 heteroatoms. The first-order valence-corrected chi connectivity index (χ1v) is 3.07. The Labute approximate surface area is 59.5 Å². The van der Waals surface area contributed by atoms with E-state index < -0.39 is 0 Å². The van der Waals surface area contributed by atoms with Crippen molar-refractivity contribution in [2.45, 2.75) is 6.42 Å². The Morgan fingerprint density at radius 1 is 1.20 bits per heavy atom. The summed E-state index contributed by atoms with van der Waals surface area (Å²) in [6.45, 7) is 0. The largest absolute Gasteiger partial charge is 0.434 e. The zero-order chi connectivity index (χ0) is 7.23. The van der Waals surface area contributed by atoms with Gasteiger partial charge in [-0.2, -0.15) is 0 Å².